The summed E-state index contributed by atoms with van der Waals surface area (Å²) in [6.07, 6.45) is 5.83. The molecule has 1 fully saturated rings. The summed E-state index contributed by atoms with van der Waals surface area (Å²) < 4.78 is 0. The normalized spacial score (nSPS) is 26.4. The van der Waals surface area contributed by atoms with Crippen LogP contribution in [0.25, 0.3) is 10.6 Å². The SMILES string of the molecule is CC1CCC(Nc2ccc(-c3nccs3)cc2)C(C)C1. The van der Waals surface area contributed by atoms with Crippen molar-refractivity contribution in [2.75, 3.05) is 5.32 Å². The molecule has 1 heterocycles. The van der Waals surface area contributed by atoms with Crippen molar-refractivity contribution in [1.82, 2.24) is 4.98 Å². The standard InChI is InChI=1S/C17H22N2S/c1-12-3-8-16(13(2)11-12)19-15-6-4-14(5-7-15)17-18-9-10-20-17/h4-7,9-10,12-13,16,19H,3,8,11H2,1-2H3. The molecule has 3 heteroatoms. The first-order chi connectivity index (χ1) is 9.72. The highest BCUT2D eigenvalue weighted by atomic mass is 32.1. The molecule has 1 saturated carbocycles. The molecule has 1 aromatic carbocycles. The third-order valence-corrected chi connectivity index (χ3v) is 5.17. The fraction of sp³-hybridized carbons (Fsp3) is 0.471. The smallest absolute Gasteiger partial charge is 0.123 e. The van der Waals surface area contributed by atoms with Crippen LogP contribution in [-0.4, -0.2) is 11.0 Å². The second-order valence-electron chi connectivity index (χ2n) is 6.06. The van der Waals surface area contributed by atoms with Crippen LogP contribution in [0.2, 0.25) is 0 Å². The lowest BCUT2D eigenvalue weighted by atomic mass is 9.80. The quantitative estimate of drug-likeness (QED) is 0.854. The first-order valence-corrected chi connectivity index (χ1v) is 8.37. The minimum absolute atomic E-state index is 0.622. The topological polar surface area (TPSA) is 24.9 Å². The number of rotatable bonds is 3. The summed E-state index contributed by atoms with van der Waals surface area (Å²) in [5, 5.41) is 6.82. The zero-order chi connectivity index (χ0) is 13.9. The molecule has 0 bridgehead atoms. The Labute approximate surface area is 125 Å². The van der Waals surface area contributed by atoms with Crippen molar-refractivity contribution >= 4 is 17.0 Å². The van der Waals surface area contributed by atoms with Gasteiger partial charge in [0, 0.05) is 28.9 Å². The first-order valence-electron chi connectivity index (χ1n) is 7.49. The van der Waals surface area contributed by atoms with E-state index in [-0.39, 0.29) is 0 Å². The third kappa shape index (κ3) is 3.04. The Balaban J connectivity index is 1.66. The summed E-state index contributed by atoms with van der Waals surface area (Å²) >= 11 is 1.69. The Morgan fingerprint density at radius 1 is 1.15 bits per heavy atom. The van der Waals surface area contributed by atoms with E-state index in [0.717, 1.165) is 16.8 Å². The van der Waals surface area contributed by atoms with Crippen molar-refractivity contribution in [3.05, 3.63) is 35.8 Å². The number of nitrogens with zero attached hydrogens (tertiary/aromatic N) is 1. The van der Waals surface area contributed by atoms with Gasteiger partial charge in [-0.15, -0.1) is 11.3 Å². The molecule has 106 valence electrons. The molecule has 3 unspecified atom stereocenters. The van der Waals surface area contributed by atoms with Crippen molar-refractivity contribution in [1.29, 1.82) is 0 Å². The van der Waals surface area contributed by atoms with E-state index in [9.17, 15) is 0 Å². The number of hydrogen-bond acceptors (Lipinski definition) is 3. The minimum atomic E-state index is 0.622. The largest absolute Gasteiger partial charge is 0.382 e. The van der Waals surface area contributed by atoms with E-state index in [0.29, 0.717) is 6.04 Å². The fourth-order valence-corrected chi connectivity index (χ4v) is 3.81. The van der Waals surface area contributed by atoms with Crippen LogP contribution in [0.4, 0.5) is 5.69 Å². The molecule has 0 saturated heterocycles. The number of benzene rings is 1. The molecule has 0 radical (unpaired) electrons. The van der Waals surface area contributed by atoms with Gasteiger partial charge >= 0.3 is 0 Å². The van der Waals surface area contributed by atoms with E-state index in [1.807, 2.05) is 11.6 Å². The molecule has 3 rings (SSSR count). The van der Waals surface area contributed by atoms with Gasteiger partial charge in [0.25, 0.3) is 0 Å². The molecule has 0 aliphatic heterocycles. The zero-order valence-electron chi connectivity index (χ0n) is 12.2. The lowest BCUT2D eigenvalue weighted by Crippen LogP contribution is -2.32. The van der Waals surface area contributed by atoms with E-state index >= 15 is 0 Å². The van der Waals surface area contributed by atoms with Gasteiger partial charge in [0.2, 0.25) is 0 Å². The monoisotopic (exact) mass is 286 g/mol. The molecule has 1 aliphatic carbocycles. The molecule has 0 amide bonds. The van der Waals surface area contributed by atoms with Gasteiger partial charge in [-0.1, -0.05) is 13.8 Å². The van der Waals surface area contributed by atoms with Crippen LogP contribution in [0.5, 0.6) is 0 Å². The Morgan fingerprint density at radius 3 is 2.60 bits per heavy atom. The number of aromatic nitrogens is 1. The van der Waals surface area contributed by atoms with Gasteiger partial charge in [0.15, 0.2) is 0 Å². The summed E-state index contributed by atoms with van der Waals surface area (Å²) in [6, 6.07) is 9.31. The van der Waals surface area contributed by atoms with Crippen LogP contribution >= 0.6 is 11.3 Å². The van der Waals surface area contributed by atoms with Gasteiger partial charge in [-0.25, -0.2) is 4.98 Å². The Hall–Kier alpha value is -1.35. The average molecular weight is 286 g/mol. The lowest BCUT2D eigenvalue weighted by molar-refractivity contribution is 0.276. The van der Waals surface area contributed by atoms with E-state index in [1.165, 1.54) is 30.5 Å². The lowest BCUT2D eigenvalue weighted by Gasteiger charge is -2.33. The maximum atomic E-state index is 4.35. The van der Waals surface area contributed by atoms with Crippen LogP contribution in [-0.2, 0) is 0 Å². The molecule has 20 heavy (non-hydrogen) atoms. The number of hydrogen-bond donors (Lipinski definition) is 1. The predicted octanol–water partition coefficient (Wildman–Crippen LogP) is 5.05. The summed E-state index contributed by atoms with van der Waals surface area (Å²) in [5.41, 5.74) is 2.44. The number of thiazole rings is 1. The molecular formula is C17H22N2S. The average Bonchev–Trinajstić information content (AvgIpc) is 2.97. The van der Waals surface area contributed by atoms with Crippen molar-refractivity contribution in [3.63, 3.8) is 0 Å². The summed E-state index contributed by atoms with van der Waals surface area (Å²) in [7, 11) is 0. The van der Waals surface area contributed by atoms with Crippen molar-refractivity contribution < 1.29 is 0 Å². The Morgan fingerprint density at radius 2 is 1.95 bits per heavy atom. The van der Waals surface area contributed by atoms with E-state index < -0.39 is 0 Å². The second kappa shape index (κ2) is 5.96. The maximum Gasteiger partial charge on any atom is 0.123 e. The highest BCUT2D eigenvalue weighted by Gasteiger charge is 2.24. The van der Waals surface area contributed by atoms with Crippen LogP contribution in [0.15, 0.2) is 35.8 Å². The Kier molecular flexibility index (Phi) is 4.06. The molecule has 2 nitrogen and oxygen atoms in total. The van der Waals surface area contributed by atoms with Crippen molar-refractivity contribution in [2.45, 2.75) is 39.2 Å². The molecular weight excluding hydrogens is 264 g/mol. The molecule has 3 atom stereocenters. The molecule has 1 aliphatic rings. The van der Waals surface area contributed by atoms with Gasteiger partial charge < -0.3 is 5.32 Å². The minimum Gasteiger partial charge on any atom is -0.382 e. The van der Waals surface area contributed by atoms with Crippen LogP contribution < -0.4 is 5.32 Å². The van der Waals surface area contributed by atoms with Crippen LogP contribution in [0.1, 0.15) is 33.1 Å². The summed E-state index contributed by atoms with van der Waals surface area (Å²) in [6.45, 7) is 4.74. The third-order valence-electron chi connectivity index (χ3n) is 4.35. The van der Waals surface area contributed by atoms with Gasteiger partial charge in [-0.3, -0.25) is 0 Å². The van der Waals surface area contributed by atoms with Crippen LogP contribution in [0, 0.1) is 11.8 Å². The molecule has 2 aromatic rings. The van der Waals surface area contributed by atoms with E-state index in [4.69, 9.17) is 0 Å². The summed E-state index contributed by atoms with van der Waals surface area (Å²) in [5.74, 6) is 1.65. The maximum absolute atomic E-state index is 4.35. The van der Waals surface area contributed by atoms with Gasteiger partial charge in [-0.2, -0.15) is 0 Å². The fourth-order valence-electron chi connectivity index (χ4n) is 3.17. The summed E-state index contributed by atoms with van der Waals surface area (Å²) in [4.78, 5) is 4.35. The highest BCUT2D eigenvalue weighted by molar-refractivity contribution is 7.13. The van der Waals surface area contributed by atoms with Crippen molar-refractivity contribution in [2.24, 2.45) is 11.8 Å². The first kappa shape index (κ1) is 13.6. The molecule has 0 spiro atoms. The zero-order valence-corrected chi connectivity index (χ0v) is 13.0. The van der Waals surface area contributed by atoms with Crippen LogP contribution in [0.3, 0.4) is 0 Å². The van der Waals surface area contributed by atoms with Crippen molar-refractivity contribution in [3.8, 4) is 10.6 Å². The van der Waals surface area contributed by atoms with Gasteiger partial charge in [0.05, 0.1) is 0 Å². The molecule has 1 N–H and O–H groups in total. The molecule has 1 aromatic heterocycles. The van der Waals surface area contributed by atoms with E-state index in [1.54, 1.807) is 11.3 Å². The number of anilines is 1. The van der Waals surface area contributed by atoms with Gasteiger partial charge in [0.1, 0.15) is 5.01 Å². The second-order valence-corrected chi connectivity index (χ2v) is 6.96. The Bertz CT molecular complexity index is 533. The number of nitrogens with one attached hydrogen (secondary N) is 1. The van der Waals surface area contributed by atoms with E-state index in [2.05, 4.69) is 48.4 Å². The highest BCUT2D eigenvalue weighted by Crippen LogP contribution is 2.31. The van der Waals surface area contributed by atoms with Gasteiger partial charge in [-0.05, 0) is 55.4 Å². The predicted molar refractivity (Wildman–Crippen MR) is 87.1 cm³/mol.